The van der Waals surface area contributed by atoms with Gasteiger partial charge in [-0.25, -0.2) is 4.98 Å². The number of aromatic nitrogens is 2. The molecule has 1 saturated heterocycles. The summed E-state index contributed by atoms with van der Waals surface area (Å²) >= 11 is 5.99. The van der Waals surface area contributed by atoms with Gasteiger partial charge in [-0.1, -0.05) is 23.7 Å². The zero-order valence-electron chi connectivity index (χ0n) is 18.8. The van der Waals surface area contributed by atoms with Crippen molar-refractivity contribution < 1.29 is 9.53 Å². The lowest BCUT2D eigenvalue weighted by Gasteiger charge is -2.32. The van der Waals surface area contributed by atoms with E-state index in [1.807, 2.05) is 36.1 Å². The number of nitrogens with zero attached hydrogens (tertiary/aromatic N) is 4. The van der Waals surface area contributed by atoms with Gasteiger partial charge in [-0.15, -0.1) is 0 Å². The molecule has 0 unspecified atom stereocenters. The van der Waals surface area contributed by atoms with E-state index in [0.717, 1.165) is 54.4 Å². The summed E-state index contributed by atoms with van der Waals surface area (Å²) in [5.41, 5.74) is 3.58. The van der Waals surface area contributed by atoms with Crippen LogP contribution in [0.15, 0.2) is 48.5 Å². The number of hydrogen-bond acceptors (Lipinski definition) is 5. The Kier molecular flexibility index (Phi) is 6.18. The zero-order valence-corrected chi connectivity index (χ0v) is 19.5. The maximum absolute atomic E-state index is 13.1. The van der Waals surface area contributed by atoms with Crippen molar-refractivity contribution in [2.24, 2.45) is 0 Å². The van der Waals surface area contributed by atoms with Gasteiger partial charge in [0, 0.05) is 36.6 Å². The number of rotatable bonds is 4. The number of amides is 1. The molecule has 2 aliphatic heterocycles. The zero-order chi connectivity index (χ0) is 22.8. The van der Waals surface area contributed by atoms with E-state index in [1.54, 1.807) is 24.3 Å². The number of anilines is 1. The Morgan fingerprint density at radius 2 is 1.79 bits per heavy atom. The van der Waals surface area contributed by atoms with E-state index < -0.39 is 0 Å². The van der Waals surface area contributed by atoms with E-state index in [0.29, 0.717) is 36.0 Å². The molecule has 2 aliphatic rings. The normalized spacial score (nSPS) is 15.8. The molecule has 7 heteroatoms. The highest BCUT2D eigenvalue weighted by Gasteiger charge is 2.28. The summed E-state index contributed by atoms with van der Waals surface area (Å²) in [4.78, 5) is 27.0. The van der Waals surface area contributed by atoms with Gasteiger partial charge in [-0.3, -0.25) is 4.79 Å². The highest BCUT2D eigenvalue weighted by Crippen LogP contribution is 2.33. The number of halogens is 1. The summed E-state index contributed by atoms with van der Waals surface area (Å²) in [6.07, 6.45) is 4.22. The maximum atomic E-state index is 13.1. The molecule has 0 N–H and O–H groups in total. The number of fused-ring (bicyclic) bond motifs is 1. The minimum atomic E-state index is -0.0288. The largest absolute Gasteiger partial charge is 0.438 e. The monoisotopic (exact) mass is 462 g/mol. The van der Waals surface area contributed by atoms with Gasteiger partial charge in [-0.2, -0.15) is 4.98 Å². The quantitative estimate of drug-likeness (QED) is 0.518. The second kappa shape index (κ2) is 9.40. The van der Waals surface area contributed by atoms with Crippen LogP contribution in [0, 0.1) is 6.92 Å². The van der Waals surface area contributed by atoms with Gasteiger partial charge in [-0.05, 0) is 68.1 Å². The number of aryl methyl sites for hydroxylation is 1. The van der Waals surface area contributed by atoms with Crippen molar-refractivity contribution in [2.45, 2.75) is 39.2 Å². The molecule has 5 rings (SSSR count). The Bertz CT molecular complexity index is 1160. The fraction of sp³-hybridized carbons (Fsp3) is 0.346. The first-order valence-electron chi connectivity index (χ1n) is 11.5. The summed E-state index contributed by atoms with van der Waals surface area (Å²) in [7, 11) is 0. The third-order valence-corrected chi connectivity index (χ3v) is 6.48. The first-order chi connectivity index (χ1) is 16.1. The molecule has 2 aromatic carbocycles. The van der Waals surface area contributed by atoms with E-state index in [9.17, 15) is 4.79 Å². The first-order valence-corrected chi connectivity index (χ1v) is 11.9. The summed E-state index contributed by atoms with van der Waals surface area (Å²) in [5, 5.41) is 0.614. The second-order valence-electron chi connectivity index (χ2n) is 8.70. The minimum Gasteiger partial charge on any atom is -0.438 e. The topological polar surface area (TPSA) is 58.6 Å². The molecule has 6 nitrogen and oxygen atoms in total. The predicted molar refractivity (Wildman–Crippen MR) is 129 cm³/mol. The van der Waals surface area contributed by atoms with Crippen LogP contribution in [0.25, 0.3) is 0 Å². The number of piperidine rings is 1. The summed E-state index contributed by atoms with van der Waals surface area (Å²) in [6.45, 7) is 4.98. The van der Waals surface area contributed by atoms with E-state index >= 15 is 0 Å². The van der Waals surface area contributed by atoms with Crippen molar-refractivity contribution in [3.05, 3.63) is 75.9 Å². The molecule has 3 aromatic rings. The second-order valence-corrected chi connectivity index (χ2v) is 9.14. The van der Waals surface area contributed by atoms with Crippen LogP contribution in [0.3, 0.4) is 0 Å². The Hall–Kier alpha value is -3.12. The van der Waals surface area contributed by atoms with E-state index in [2.05, 4.69) is 4.90 Å². The summed E-state index contributed by atoms with van der Waals surface area (Å²) in [5.74, 6) is 1.98. The van der Waals surface area contributed by atoms with Gasteiger partial charge < -0.3 is 14.5 Å². The molecule has 3 heterocycles. The fourth-order valence-corrected chi connectivity index (χ4v) is 4.56. The van der Waals surface area contributed by atoms with Crippen LogP contribution in [-0.2, 0) is 13.0 Å². The Labute approximate surface area is 199 Å². The molecule has 0 radical (unpaired) electrons. The molecule has 1 amide bonds. The standard InChI is InChI=1S/C26H27ClN4O2/c1-18-6-5-7-21(16-18)33-24-22-17-31(25(32)19-8-10-20(27)11-9-19)15-12-23(22)28-26(29-24)30-13-3-2-4-14-30/h5-11,16H,2-4,12-15,17H2,1H3. The van der Waals surface area contributed by atoms with Crippen LogP contribution in [0.2, 0.25) is 5.02 Å². The van der Waals surface area contributed by atoms with Gasteiger partial charge in [0.2, 0.25) is 11.8 Å². The lowest BCUT2D eigenvalue weighted by Crippen LogP contribution is -2.37. The average molecular weight is 463 g/mol. The molecule has 0 bridgehead atoms. The molecule has 0 aliphatic carbocycles. The third kappa shape index (κ3) is 4.81. The van der Waals surface area contributed by atoms with Crippen molar-refractivity contribution >= 4 is 23.5 Å². The van der Waals surface area contributed by atoms with Crippen LogP contribution in [-0.4, -0.2) is 40.4 Å². The Morgan fingerprint density at radius 1 is 1.00 bits per heavy atom. The smallest absolute Gasteiger partial charge is 0.254 e. The summed E-state index contributed by atoms with van der Waals surface area (Å²) < 4.78 is 6.31. The van der Waals surface area contributed by atoms with E-state index in [4.69, 9.17) is 26.3 Å². The predicted octanol–water partition coefficient (Wildman–Crippen LogP) is 5.42. The van der Waals surface area contributed by atoms with Crippen LogP contribution in [0.1, 0.15) is 46.4 Å². The van der Waals surface area contributed by atoms with Gasteiger partial charge in [0.15, 0.2) is 0 Å². The molecular formula is C26H27ClN4O2. The number of carbonyl (C=O) groups is 1. The van der Waals surface area contributed by atoms with Gasteiger partial charge in [0.1, 0.15) is 5.75 Å². The van der Waals surface area contributed by atoms with E-state index in [1.165, 1.54) is 6.42 Å². The molecule has 0 saturated carbocycles. The molecule has 0 spiro atoms. The van der Waals surface area contributed by atoms with Crippen molar-refractivity contribution in [1.29, 1.82) is 0 Å². The number of benzene rings is 2. The van der Waals surface area contributed by atoms with Crippen molar-refractivity contribution in [3.8, 4) is 11.6 Å². The average Bonchev–Trinajstić information content (AvgIpc) is 2.84. The lowest BCUT2D eigenvalue weighted by molar-refractivity contribution is 0.0732. The third-order valence-electron chi connectivity index (χ3n) is 6.23. The molecule has 1 aromatic heterocycles. The number of carbonyl (C=O) groups excluding carboxylic acids is 1. The first kappa shape index (κ1) is 21.7. The van der Waals surface area contributed by atoms with Crippen molar-refractivity contribution in [2.75, 3.05) is 24.5 Å². The van der Waals surface area contributed by atoms with Gasteiger partial charge in [0.05, 0.1) is 17.8 Å². The van der Waals surface area contributed by atoms with Gasteiger partial charge >= 0.3 is 0 Å². The van der Waals surface area contributed by atoms with E-state index in [-0.39, 0.29) is 5.91 Å². The van der Waals surface area contributed by atoms with Gasteiger partial charge in [0.25, 0.3) is 5.91 Å². The van der Waals surface area contributed by atoms with Crippen LogP contribution >= 0.6 is 11.6 Å². The molecule has 0 atom stereocenters. The Balaban J connectivity index is 1.48. The minimum absolute atomic E-state index is 0.0288. The van der Waals surface area contributed by atoms with Crippen LogP contribution in [0.4, 0.5) is 5.95 Å². The summed E-state index contributed by atoms with van der Waals surface area (Å²) in [6, 6.07) is 14.9. The fourth-order valence-electron chi connectivity index (χ4n) is 4.43. The van der Waals surface area contributed by atoms with Crippen molar-refractivity contribution in [1.82, 2.24) is 14.9 Å². The van der Waals surface area contributed by atoms with Crippen LogP contribution < -0.4 is 9.64 Å². The molecule has 170 valence electrons. The van der Waals surface area contributed by atoms with Crippen molar-refractivity contribution in [3.63, 3.8) is 0 Å². The number of hydrogen-bond donors (Lipinski definition) is 0. The highest BCUT2D eigenvalue weighted by atomic mass is 35.5. The molecular weight excluding hydrogens is 436 g/mol. The highest BCUT2D eigenvalue weighted by molar-refractivity contribution is 6.30. The maximum Gasteiger partial charge on any atom is 0.254 e. The Morgan fingerprint density at radius 3 is 2.55 bits per heavy atom. The SMILES string of the molecule is Cc1cccc(Oc2nc(N3CCCCC3)nc3c2CN(C(=O)c2ccc(Cl)cc2)CC3)c1. The molecule has 33 heavy (non-hydrogen) atoms. The number of ether oxygens (including phenoxy) is 1. The lowest BCUT2D eigenvalue weighted by atomic mass is 10.0. The molecule has 1 fully saturated rings. The van der Waals surface area contributed by atoms with Crippen LogP contribution in [0.5, 0.6) is 11.6 Å².